The number of aryl methyl sites for hydroxylation is 2. The first-order valence-corrected chi connectivity index (χ1v) is 5.74. The molecule has 88 valence electrons. The fraction of sp³-hybridized carbons (Fsp3) is 0.538. The molecule has 1 heterocycles. The van der Waals surface area contributed by atoms with E-state index in [9.17, 15) is 0 Å². The van der Waals surface area contributed by atoms with Crippen LogP contribution in [0.25, 0.3) is 0 Å². The molecule has 16 heavy (non-hydrogen) atoms. The van der Waals surface area contributed by atoms with Gasteiger partial charge in [0.25, 0.3) is 0 Å². The number of anilines is 1. The molecule has 2 N–H and O–H groups in total. The normalized spacial score (nSPS) is 20.0. The Morgan fingerprint density at radius 2 is 2.19 bits per heavy atom. The highest BCUT2D eigenvalue weighted by molar-refractivity contribution is 5.53. The predicted molar refractivity (Wildman–Crippen MR) is 64.7 cm³/mol. The summed E-state index contributed by atoms with van der Waals surface area (Å²) in [6.45, 7) is 6.46. The topological polar surface area (TPSA) is 44.5 Å². The van der Waals surface area contributed by atoms with Crippen molar-refractivity contribution in [2.75, 3.05) is 25.6 Å². The van der Waals surface area contributed by atoms with Crippen LogP contribution in [0.4, 0.5) is 5.69 Å². The highest BCUT2D eigenvalue weighted by Gasteiger charge is 2.16. The van der Waals surface area contributed by atoms with E-state index in [0.29, 0.717) is 5.92 Å². The molecule has 1 fully saturated rings. The number of rotatable bonds is 3. The molecule has 0 aliphatic carbocycles. The van der Waals surface area contributed by atoms with Gasteiger partial charge in [0.15, 0.2) is 0 Å². The van der Waals surface area contributed by atoms with Crippen molar-refractivity contribution in [3.63, 3.8) is 0 Å². The van der Waals surface area contributed by atoms with Gasteiger partial charge in [0.05, 0.1) is 13.2 Å². The number of ether oxygens (including phenoxy) is 2. The molecule has 0 aromatic heterocycles. The van der Waals surface area contributed by atoms with E-state index < -0.39 is 0 Å². The van der Waals surface area contributed by atoms with Gasteiger partial charge in [0.2, 0.25) is 0 Å². The Hall–Kier alpha value is -1.22. The Morgan fingerprint density at radius 3 is 2.88 bits per heavy atom. The van der Waals surface area contributed by atoms with E-state index in [1.54, 1.807) is 0 Å². The Balaban J connectivity index is 2.00. The van der Waals surface area contributed by atoms with Crippen LogP contribution in [0, 0.1) is 19.8 Å². The second-order valence-corrected chi connectivity index (χ2v) is 4.51. The van der Waals surface area contributed by atoms with Gasteiger partial charge in [-0.15, -0.1) is 0 Å². The molecule has 0 bridgehead atoms. The van der Waals surface area contributed by atoms with E-state index in [-0.39, 0.29) is 0 Å². The molecule has 1 aliphatic heterocycles. The third-order valence-electron chi connectivity index (χ3n) is 3.06. The third kappa shape index (κ3) is 2.47. The highest BCUT2D eigenvalue weighted by atomic mass is 16.5. The van der Waals surface area contributed by atoms with Crippen molar-refractivity contribution in [3.8, 4) is 5.75 Å². The summed E-state index contributed by atoms with van der Waals surface area (Å²) in [6.07, 6.45) is 1.10. The van der Waals surface area contributed by atoms with Crippen molar-refractivity contribution in [1.29, 1.82) is 0 Å². The van der Waals surface area contributed by atoms with E-state index in [1.165, 1.54) is 0 Å². The second-order valence-electron chi connectivity index (χ2n) is 4.51. The fourth-order valence-corrected chi connectivity index (χ4v) is 1.89. The van der Waals surface area contributed by atoms with E-state index in [1.807, 2.05) is 26.0 Å². The Morgan fingerprint density at radius 1 is 1.38 bits per heavy atom. The first-order valence-electron chi connectivity index (χ1n) is 5.74. The zero-order valence-electron chi connectivity index (χ0n) is 9.95. The largest absolute Gasteiger partial charge is 0.493 e. The number of benzene rings is 1. The lowest BCUT2D eigenvalue weighted by Gasteiger charge is -2.14. The molecule has 1 atom stereocenters. The lowest BCUT2D eigenvalue weighted by Crippen LogP contribution is -2.12. The quantitative estimate of drug-likeness (QED) is 0.796. The molecule has 1 saturated heterocycles. The van der Waals surface area contributed by atoms with Gasteiger partial charge in [-0.25, -0.2) is 0 Å². The third-order valence-corrected chi connectivity index (χ3v) is 3.06. The van der Waals surface area contributed by atoms with Crippen LogP contribution >= 0.6 is 0 Å². The Kier molecular flexibility index (Phi) is 3.34. The molecule has 3 nitrogen and oxygen atoms in total. The van der Waals surface area contributed by atoms with Crippen LogP contribution in [0.3, 0.4) is 0 Å². The molecule has 1 unspecified atom stereocenters. The van der Waals surface area contributed by atoms with Crippen molar-refractivity contribution in [2.45, 2.75) is 20.3 Å². The Labute approximate surface area is 96.5 Å². The summed E-state index contributed by atoms with van der Waals surface area (Å²) in [5.41, 5.74) is 8.83. The van der Waals surface area contributed by atoms with Gasteiger partial charge in [-0.3, -0.25) is 0 Å². The number of hydrogen-bond donors (Lipinski definition) is 1. The molecule has 1 aromatic rings. The maximum Gasteiger partial charge on any atom is 0.122 e. The van der Waals surface area contributed by atoms with Crippen LogP contribution in [-0.2, 0) is 4.74 Å². The lowest BCUT2D eigenvalue weighted by atomic mass is 10.1. The van der Waals surface area contributed by atoms with Gasteiger partial charge in [-0.05, 0) is 43.5 Å². The first-order chi connectivity index (χ1) is 7.66. The smallest absolute Gasteiger partial charge is 0.122 e. The van der Waals surface area contributed by atoms with Crippen molar-refractivity contribution < 1.29 is 9.47 Å². The summed E-state index contributed by atoms with van der Waals surface area (Å²) < 4.78 is 11.1. The van der Waals surface area contributed by atoms with Crippen LogP contribution in [0.1, 0.15) is 17.5 Å². The molecular formula is C13H19NO2. The standard InChI is InChI=1S/C13H19NO2/c1-9-6-13(10(2)5-12(9)14)16-8-11-3-4-15-7-11/h5-6,11H,3-4,7-8,14H2,1-2H3. The van der Waals surface area contributed by atoms with E-state index >= 15 is 0 Å². The Bertz CT molecular complexity index is 370. The summed E-state index contributed by atoms with van der Waals surface area (Å²) in [7, 11) is 0. The summed E-state index contributed by atoms with van der Waals surface area (Å²) >= 11 is 0. The molecule has 0 saturated carbocycles. The number of nitrogen functional groups attached to an aromatic ring is 1. The van der Waals surface area contributed by atoms with E-state index in [4.69, 9.17) is 15.2 Å². The van der Waals surface area contributed by atoms with Crippen LogP contribution in [0.5, 0.6) is 5.75 Å². The predicted octanol–water partition coefficient (Wildman–Crippen LogP) is 2.30. The molecule has 1 aliphatic rings. The minimum atomic E-state index is 0.539. The van der Waals surface area contributed by atoms with Crippen LogP contribution in [0.15, 0.2) is 12.1 Å². The molecule has 0 amide bonds. The van der Waals surface area contributed by atoms with Crippen LogP contribution in [0.2, 0.25) is 0 Å². The lowest BCUT2D eigenvalue weighted by molar-refractivity contribution is 0.167. The summed E-state index contributed by atoms with van der Waals surface area (Å²) in [5.74, 6) is 1.48. The van der Waals surface area contributed by atoms with Crippen LogP contribution in [-0.4, -0.2) is 19.8 Å². The van der Waals surface area contributed by atoms with Gasteiger partial charge in [-0.2, -0.15) is 0 Å². The van der Waals surface area contributed by atoms with E-state index in [2.05, 4.69) is 0 Å². The van der Waals surface area contributed by atoms with E-state index in [0.717, 1.165) is 48.8 Å². The second kappa shape index (κ2) is 4.74. The van der Waals surface area contributed by atoms with Gasteiger partial charge < -0.3 is 15.2 Å². The fourth-order valence-electron chi connectivity index (χ4n) is 1.89. The molecule has 0 spiro atoms. The van der Waals surface area contributed by atoms with Gasteiger partial charge in [-0.1, -0.05) is 0 Å². The SMILES string of the molecule is Cc1cc(OCC2CCOC2)c(C)cc1N. The molecule has 2 rings (SSSR count). The summed E-state index contributed by atoms with van der Waals surface area (Å²) in [6, 6.07) is 3.98. The molecule has 1 aromatic carbocycles. The monoisotopic (exact) mass is 221 g/mol. The van der Waals surface area contributed by atoms with Gasteiger partial charge in [0, 0.05) is 18.2 Å². The molecule has 3 heteroatoms. The number of nitrogens with two attached hydrogens (primary N) is 1. The summed E-state index contributed by atoms with van der Waals surface area (Å²) in [5, 5.41) is 0. The van der Waals surface area contributed by atoms with Crippen molar-refractivity contribution in [2.24, 2.45) is 5.92 Å². The minimum absolute atomic E-state index is 0.539. The zero-order chi connectivity index (χ0) is 11.5. The minimum Gasteiger partial charge on any atom is -0.493 e. The maximum atomic E-state index is 5.83. The van der Waals surface area contributed by atoms with Gasteiger partial charge >= 0.3 is 0 Å². The van der Waals surface area contributed by atoms with Crippen molar-refractivity contribution in [1.82, 2.24) is 0 Å². The van der Waals surface area contributed by atoms with Crippen molar-refractivity contribution >= 4 is 5.69 Å². The molecule has 0 radical (unpaired) electrons. The average Bonchev–Trinajstić information content (AvgIpc) is 2.74. The average molecular weight is 221 g/mol. The zero-order valence-corrected chi connectivity index (χ0v) is 9.95. The van der Waals surface area contributed by atoms with Crippen molar-refractivity contribution in [3.05, 3.63) is 23.3 Å². The van der Waals surface area contributed by atoms with Crippen LogP contribution < -0.4 is 10.5 Å². The summed E-state index contributed by atoms with van der Waals surface area (Å²) in [4.78, 5) is 0. The van der Waals surface area contributed by atoms with Gasteiger partial charge in [0.1, 0.15) is 5.75 Å². The highest BCUT2D eigenvalue weighted by Crippen LogP contribution is 2.25. The first kappa shape index (κ1) is 11.3. The maximum absolute atomic E-state index is 5.83. The molecular weight excluding hydrogens is 202 g/mol. The number of hydrogen-bond acceptors (Lipinski definition) is 3.